The van der Waals surface area contributed by atoms with Gasteiger partial charge in [0.05, 0.1) is 16.8 Å². The highest BCUT2D eigenvalue weighted by molar-refractivity contribution is 6.07. The third kappa shape index (κ3) is 4.62. The zero-order valence-electron chi connectivity index (χ0n) is 16.9. The summed E-state index contributed by atoms with van der Waals surface area (Å²) >= 11 is 0. The molecule has 0 spiro atoms. The molecule has 3 aromatic rings. The number of hydrogen-bond acceptors (Lipinski definition) is 4. The molecule has 1 fully saturated rings. The summed E-state index contributed by atoms with van der Waals surface area (Å²) in [6.07, 6.45) is 8.35. The van der Waals surface area contributed by atoms with Gasteiger partial charge in [0.15, 0.2) is 0 Å². The third-order valence-electron chi connectivity index (χ3n) is 5.95. The number of carbonyl (C=O) groups is 1. The maximum atomic E-state index is 13.1. The van der Waals surface area contributed by atoms with Crippen molar-refractivity contribution in [2.75, 3.05) is 20.1 Å². The fraction of sp³-hybridized carbons (Fsp3) is 0.375. The monoisotopic (exact) mass is 388 g/mol. The van der Waals surface area contributed by atoms with Crippen LogP contribution in [-0.2, 0) is 0 Å². The average molecular weight is 389 g/mol. The first-order valence-corrected chi connectivity index (χ1v) is 10.5. The number of hydrogen-bond donors (Lipinski definition) is 2. The second-order valence-electron chi connectivity index (χ2n) is 7.96. The van der Waals surface area contributed by atoms with Gasteiger partial charge in [-0.15, -0.1) is 0 Å². The number of rotatable bonds is 6. The van der Waals surface area contributed by atoms with Crippen LogP contribution in [-0.4, -0.2) is 36.0 Å². The van der Waals surface area contributed by atoms with Gasteiger partial charge < -0.3 is 10.6 Å². The number of para-hydroxylation sites is 1. The van der Waals surface area contributed by atoms with Crippen LogP contribution < -0.4 is 10.6 Å². The molecule has 150 valence electrons. The summed E-state index contributed by atoms with van der Waals surface area (Å²) in [5.74, 6) is 1.33. The molecule has 1 saturated carbocycles. The topological polar surface area (TPSA) is 66.9 Å². The normalized spacial score (nSPS) is 19.2. The van der Waals surface area contributed by atoms with Crippen LogP contribution in [0.25, 0.3) is 22.2 Å². The molecular weight excluding hydrogens is 360 g/mol. The fourth-order valence-electron chi connectivity index (χ4n) is 4.29. The number of pyridine rings is 2. The van der Waals surface area contributed by atoms with E-state index in [1.165, 1.54) is 25.7 Å². The van der Waals surface area contributed by atoms with Gasteiger partial charge >= 0.3 is 0 Å². The van der Waals surface area contributed by atoms with Crippen molar-refractivity contribution in [3.8, 4) is 11.3 Å². The standard InChI is InChI=1S/C24H28N4O/c1-25-15-17-6-8-18(9-7-17)16-27-24(29)21-14-23(19-10-12-26-13-11-19)28-22-5-3-2-4-20(21)22/h2-5,10-14,17-18,25H,6-9,15-16H2,1H3,(H,27,29). The molecule has 0 unspecified atom stereocenters. The van der Waals surface area contributed by atoms with Crippen molar-refractivity contribution in [2.45, 2.75) is 25.7 Å². The van der Waals surface area contributed by atoms with Gasteiger partial charge in [-0.3, -0.25) is 9.78 Å². The lowest BCUT2D eigenvalue weighted by atomic mass is 9.82. The smallest absolute Gasteiger partial charge is 0.252 e. The van der Waals surface area contributed by atoms with Crippen molar-refractivity contribution in [1.29, 1.82) is 0 Å². The van der Waals surface area contributed by atoms with Gasteiger partial charge in [-0.1, -0.05) is 18.2 Å². The van der Waals surface area contributed by atoms with Gasteiger partial charge in [0.25, 0.3) is 5.91 Å². The van der Waals surface area contributed by atoms with E-state index in [4.69, 9.17) is 4.98 Å². The zero-order chi connectivity index (χ0) is 20.1. The number of carbonyl (C=O) groups excluding carboxylic acids is 1. The van der Waals surface area contributed by atoms with E-state index in [-0.39, 0.29) is 5.91 Å². The minimum atomic E-state index is -0.0174. The van der Waals surface area contributed by atoms with E-state index in [9.17, 15) is 4.79 Å². The predicted octanol–water partition coefficient (Wildman–Crippen LogP) is 4.05. The summed E-state index contributed by atoms with van der Waals surface area (Å²) in [6, 6.07) is 13.6. The summed E-state index contributed by atoms with van der Waals surface area (Å²) in [6.45, 7) is 1.84. The van der Waals surface area contributed by atoms with Crippen LogP contribution in [0.1, 0.15) is 36.0 Å². The second kappa shape index (κ2) is 9.14. The Hall–Kier alpha value is -2.79. The zero-order valence-corrected chi connectivity index (χ0v) is 16.9. The first-order chi connectivity index (χ1) is 14.2. The van der Waals surface area contributed by atoms with Gasteiger partial charge in [-0.25, -0.2) is 4.98 Å². The molecule has 29 heavy (non-hydrogen) atoms. The Bertz CT molecular complexity index is 965. The molecule has 1 aliphatic rings. The number of aromatic nitrogens is 2. The van der Waals surface area contributed by atoms with Gasteiger partial charge in [0.1, 0.15) is 0 Å². The van der Waals surface area contributed by atoms with Crippen molar-refractivity contribution >= 4 is 16.8 Å². The molecule has 5 heteroatoms. The van der Waals surface area contributed by atoms with E-state index in [0.717, 1.165) is 41.2 Å². The minimum Gasteiger partial charge on any atom is -0.352 e. The number of fused-ring (bicyclic) bond motifs is 1. The summed E-state index contributed by atoms with van der Waals surface area (Å²) < 4.78 is 0. The van der Waals surface area contributed by atoms with Gasteiger partial charge in [-0.2, -0.15) is 0 Å². The molecule has 0 saturated heterocycles. The Morgan fingerprint density at radius 1 is 1.00 bits per heavy atom. The SMILES string of the molecule is CNCC1CCC(CNC(=O)c2cc(-c3ccncc3)nc3ccccc23)CC1. The Labute approximate surface area is 172 Å². The summed E-state index contributed by atoms with van der Waals surface area (Å²) in [5.41, 5.74) is 3.28. The van der Waals surface area contributed by atoms with Crippen molar-refractivity contribution in [1.82, 2.24) is 20.6 Å². The predicted molar refractivity (Wildman–Crippen MR) is 117 cm³/mol. The fourth-order valence-corrected chi connectivity index (χ4v) is 4.29. The Kier molecular flexibility index (Phi) is 6.15. The molecule has 1 amide bonds. The number of nitrogens with zero attached hydrogens (tertiary/aromatic N) is 2. The Morgan fingerprint density at radius 3 is 2.41 bits per heavy atom. The van der Waals surface area contributed by atoms with Crippen LogP contribution in [0.3, 0.4) is 0 Å². The van der Waals surface area contributed by atoms with Gasteiger partial charge in [-0.05, 0) is 75.4 Å². The molecule has 1 aromatic carbocycles. The lowest BCUT2D eigenvalue weighted by molar-refractivity contribution is 0.0943. The highest BCUT2D eigenvalue weighted by Crippen LogP contribution is 2.28. The second-order valence-corrected chi connectivity index (χ2v) is 7.96. The maximum Gasteiger partial charge on any atom is 0.252 e. The Balaban J connectivity index is 1.51. The number of nitrogens with one attached hydrogen (secondary N) is 2. The van der Waals surface area contributed by atoms with Crippen LogP contribution in [0, 0.1) is 11.8 Å². The van der Waals surface area contributed by atoms with E-state index in [1.807, 2.05) is 49.5 Å². The molecule has 2 heterocycles. The molecule has 0 bridgehead atoms. The van der Waals surface area contributed by atoms with Crippen LogP contribution in [0.5, 0.6) is 0 Å². The Morgan fingerprint density at radius 2 is 1.69 bits per heavy atom. The van der Waals surface area contributed by atoms with Crippen molar-refractivity contribution in [3.63, 3.8) is 0 Å². The first-order valence-electron chi connectivity index (χ1n) is 10.5. The molecule has 1 aliphatic carbocycles. The highest BCUT2D eigenvalue weighted by Gasteiger charge is 2.22. The van der Waals surface area contributed by atoms with Crippen molar-refractivity contribution < 1.29 is 4.79 Å². The molecule has 0 radical (unpaired) electrons. The van der Waals surface area contributed by atoms with E-state index in [0.29, 0.717) is 11.5 Å². The average Bonchev–Trinajstić information content (AvgIpc) is 2.78. The number of benzene rings is 1. The summed E-state index contributed by atoms with van der Waals surface area (Å²) in [7, 11) is 2.02. The van der Waals surface area contributed by atoms with E-state index in [1.54, 1.807) is 12.4 Å². The van der Waals surface area contributed by atoms with Crippen LogP contribution in [0.15, 0.2) is 54.9 Å². The van der Waals surface area contributed by atoms with Gasteiger partial charge in [0.2, 0.25) is 0 Å². The lowest BCUT2D eigenvalue weighted by Gasteiger charge is -2.28. The molecular formula is C24H28N4O. The highest BCUT2D eigenvalue weighted by atomic mass is 16.1. The van der Waals surface area contributed by atoms with Crippen molar-refractivity contribution in [2.24, 2.45) is 11.8 Å². The molecule has 2 N–H and O–H groups in total. The largest absolute Gasteiger partial charge is 0.352 e. The number of amides is 1. The van der Waals surface area contributed by atoms with Gasteiger partial charge in [0, 0.05) is 29.9 Å². The van der Waals surface area contributed by atoms with Crippen LogP contribution in [0.2, 0.25) is 0 Å². The minimum absolute atomic E-state index is 0.0174. The van der Waals surface area contributed by atoms with E-state index >= 15 is 0 Å². The molecule has 5 nitrogen and oxygen atoms in total. The lowest BCUT2D eigenvalue weighted by Crippen LogP contribution is -2.32. The molecule has 0 aliphatic heterocycles. The first kappa shape index (κ1) is 19.5. The third-order valence-corrected chi connectivity index (χ3v) is 5.95. The van der Waals surface area contributed by atoms with E-state index < -0.39 is 0 Å². The molecule has 4 rings (SSSR count). The van der Waals surface area contributed by atoms with Crippen molar-refractivity contribution in [3.05, 3.63) is 60.4 Å². The summed E-state index contributed by atoms with van der Waals surface area (Å²) in [4.78, 5) is 21.9. The quantitative estimate of drug-likeness (QED) is 0.668. The summed E-state index contributed by atoms with van der Waals surface area (Å²) in [5, 5.41) is 7.36. The van der Waals surface area contributed by atoms with E-state index in [2.05, 4.69) is 15.6 Å². The maximum absolute atomic E-state index is 13.1. The van der Waals surface area contributed by atoms with Crippen LogP contribution in [0.4, 0.5) is 0 Å². The molecule has 2 aromatic heterocycles. The molecule has 0 atom stereocenters. The van der Waals surface area contributed by atoms with Crippen LogP contribution >= 0.6 is 0 Å².